The Kier molecular flexibility index (Phi) is 8.97. The van der Waals surface area contributed by atoms with E-state index in [1.807, 2.05) is 0 Å². The molecule has 2 aliphatic carbocycles. The smallest absolute Gasteiger partial charge is 0.135 e. The Hall–Kier alpha value is -8.64. The van der Waals surface area contributed by atoms with E-state index in [0.717, 1.165) is 0 Å². The fourth-order valence-corrected chi connectivity index (χ4v) is 12.0. The van der Waals surface area contributed by atoms with E-state index >= 15 is 0 Å². The van der Waals surface area contributed by atoms with Gasteiger partial charge < -0.3 is 60.5 Å². The predicted octanol–water partition coefficient (Wildman–Crippen LogP) is 10.4. The standard InChI is InChI=1S/C56H42O12/c57-30-9-1-25(2-10-30)44-47-38(20-36(63)22-40(47)65)50-48-39(21-37(64)23-42(48)67-56(50)28-7-15-33(60)16-8-28)49-45(26-3-11-31(58)12-4-26)51-41(66)24-43-52(54(51)53(44)49)46(29-17-34(61)19-35(62)18-29)55(68-43)27-5-13-32(59)14-6-27/h1-24,44-46,49-50,53,55-66H. The molecule has 0 bridgehead atoms. The van der Waals surface area contributed by atoms with Crippen molar-refractivity contribution in [2.45, 2.75) is 47.7 Å². The van der Waals surface area contributed by atoms with E-state index in [4.69, 9.17) is 9.47 Å². The summed E-state index contributed by atoms with van der Waals surface area (Å²) in [5.74, 6) is -5.08. The van der Waals surface area contributed by atoms with E-state index in [2.05, 4.69) is 0 Å². The second kappa shape index (κ2) is 14.9. The van der Waals surface area contributed by atoms with E-state index in [-0.39, 0.29) is 57.5 Å². The molecule has 0 radical (unpaired) electrons. The van der Waals surface area contributed by atoms with Crippen LogP contribution < -0.4 is 9.47 Å². The second-order valence-electron chi connectivity index (χ2n) is 18.2. The summed E-state index contributed by atoms with van der Waals surface area (Å²) in [6.45, 7) is 0. The third-order valence-electron chi connectivity index (χ3n) is 14.4. The van der Waals surface area contributed by atoms with Crippen LogP contribution in [0.25, 0.3) is 0 Å². The van der Waals surface area contributed by atoms with Gasteiger partial charge >= 0.3 is 0 Å². The normalized spacial score (nSPS) is 22.6. The highest BCUT2D eigenvalue weighted by atomic mass is 16.5. The number of hydrogen-bond acceptors (Lipinski definition) is 12. The van der Waals surface area contributed by atoms with Gasteiger partial charge in [-0.3, -0.25) is 0 Å². The minimum Gasteiger partial charge on any atom is -0.508 e. The number of benzene rings is 8. The first kappa shape index (κ1) is 40.8. The van der Waals surface area contributed by atoms with Crippen molar-refractivity contribution in [2.24, 2.45) is 0 Å². The first-order valence-electron chi connectivity index (χ1n) is 22.2. The Bertz CT molecular complexity index is 3310. The molecule has 0 amide bonds. The van der Waals surface area contributed by atoms with Gasteiger partial charge in [-0.15, -0.1) is 0 Å². The molecule has 0 saturated carbocycles. The molecular weight excluding hydrogens is 865 g/mol. The van der Waals surface area contributed by atoms with Gasteiger partial charge in [-0.1, -0.05) is 48.5 Å². The zero-order valence-electron chi connectivity index (χ0n) is 35.8. The Morgan fingerprint density at radius 1 is 0.265 bits per heavy atom. The molecule has 0 fully saturated rings. The van der Waals surface area contributed by atoms with Crippen LogP contribution >= 0.6 is 0 Å². The largest absolute Gasteiger partial charge is 0.508 e. The lowest BCUT2D eigenvalue weighted by atomic mass is 9.62. The van der Waals surface area contributed by atoms with Crippen LogP contribution in [0.1, 0.15) is 114 Å². The van der Waals surface area contributed by atoms with Crippen LogP contribution in [0.5, 0.6) is 69.0 Å². The summed E-state index contributed by atoms with van der Waals surface area (Å²) in [6.07, 6.45) is -1.64. The van der Waals surface area contributed by atoms with Crippen molar-refractivity contribution in [1.29, 1.82) is 0 Å². The molecule has 12 nitrogen and oxygen atoms in total. The summed E-state index contributed by atoms with van der Waals surface area (Å²) >= 11 is 0. The van der Waals surface area contributed by atoms with Gasteiger partial charge in [0.25, 0.3) is 0 Å². The van der Waals surface area contributed by atoms with Crippen LogP contribution in [0.3, 0.4) is 0 Å². The van der Waals surface area contributed by atoms with Gasteiger partial charge in [0.2, 0.25) is 0 Å². The molecule has 10 N–H and O–H groups in total. The highest BCUT2D eigenvalue weighted by Crippen LogP contribution is 2.71. The molecule has 0 aromatic heterocycles. The van der Waals surface area contributed by atoms with Crippen LogP contribution in [0.15, 0.2) is 146 Å². The molecule has 12 rings (SSSR count). The molecule has 2 heterocycles. The van der Waals surface area contributed by atoms with E-state index in [1.54, 1.807) is 115 Å². The SMILES string of the molecule is Oc1ccc(C2Oc3cc(O)c4c(c3C2c2cc(O)cc(O)c2)C2C(c3ccc(O)cc3)c3c(O)cc(O)cc3C3c5c(cc(O)cc5C2C4c2ccc(O)cc2)OC3c2ccc(O)cc2)cc1. The van der Waals surface area contributed by atoms with Crippen molar-refractivity contribution in [3.05, 3.63) is 212 Å². The van der Waals surface area contributed by atoms with Crippen LogP contribution in [0.2, 0.25) is 0 Å². The van der Waals surface area contributed by atoms with Crippen molar-refractivity contribution in [3.63, 3.8) is 0 Å². The number of ether oxygens (including phenoxy) is 2. The fraction of sp³-hybridized carbons (Fsp3) is 0.143. The van der Waals surface area contributed by atoms with Crippen LogP contribution in [0.4, 0.5) is 0 Å². The Labute approximate surface area is 388 Å². The van der Waals surface area contributed by atoms with Gasteiger partial charge in [0.15, 0.2) is 0 Å². The summed E-state index contributed by atoms with van der Waals surface area (Å²) in [6, 6.07) is 38.5. The molecule has 0 saturated heterocycles. The van der Waals surface area contributed by atoms with Crippen molar-refractivity contribution in [2.75, 3.05) is 0 Å². The highest BCUT2D eigenvalue weighted by Gasteiger charge is 2.57. The van der Waals surface area contributed by atoms with Crippen molar-refractivity contribution in [3.8, 4) is 69.0 Å². The molecular formula is C56H42O12. The topological polar surface area (TPSA) is 221 Å². The van der Waals surface area contributed by atoms with Crippen LogP contribution in [-0.2, 0) is 0 Å². The van der Waals surface area contributed by atoms with E-state index < -0.39 is 47.7 Å². The quantitative estimate of drug-likeness (QED) is 0.0780. The Morgan fingerprint density at radius 3 is 1.24 bits per heavy atom. The van der Waals surface area contributed by atoms with Crippen LogP contribution in [-0.4, -0.2) is 51.1 Å². The molecule has 2 aliphatic heterocycles. The van der Waals surface area contributed by atoms with Gasteiger partial charge in [-0.25, -0.2) is 0 Å². The second-order valence-corrected chi connectivity index (χ2v) is 18.2. The predicted molar refractivity (Wildman–Crippen MR) is 248 cm³/mol. The third-order valence-corrected chi connectivity index (χ3v) is 14.4. The van der Waals surface area contributed by atoms with E-state index in [0.29, 0.717) is 78.3 Å². The van der Waals surface area contributed by atoms with Gasteiger partial charge in [0, 0.05) is 70.2 Å². The summed E-state index contributed by atoms with van der Waals surface area (Å²) < 4.78 is 13.8. The molecule has 338 valence electrons. The fourth-order valence-electron chi connectivity index (χ4n) is 12.0. The van der Waals surface area contributed by atoms with Crippen molar-refractivity contribution in [1.82, 2.24) is 0 Å². The van der Waals surface area contributed by atoms with Gasteiger partial charge in [0.05, 0.1) is 11.8 Å². The van der Waals surface area contributed by atoms with E-state index in [1.165, 1.54) is 30.3 Å². The molecule has 8 aromatic rings. The maximum atomic E-state index is 12.8. The first-order chi connectivity index (χ1) is 32.8. The molecule has 0 spiro atoms. The third kappa shape index (κ3) is 6.20. The average Bonchev–Trinajstić information content (AvgIpc) is 3.98. The number of aromatic hydroxyl groups is 10. The summed E-state index contributed by atoms with van der Waals surface area (Å²) in [5.41, 5.74) is 7.02. The van der Waals surface area contributed by atoms with Gasteiger partial charge in [-0.2, -0.15) is 0 Å². The van der Waals surface area contributed by atoms with Crippen molar-refractivity contribution >= 4 is 0 Å². The molecule has 8 atom stereocenters. The Morgan fingerprint density at radius 2 is 0.691 bits per heavy atom. The first-order valence-corrected chi connectivity index (χ1v) is 22.2. The minimum atomic E-state index is -0.867. The molecule has 68 heavy (non-hydrogen) atoms. The maximum Gasteiger partial charge on any atom is 0.135 e. The summed E-state index contributed by atoms with van der Waals surface area (Å²) in [7, 11) is 0. The molecule has 8 aromatic carbocycles. The van der Waals surface area contributed by atoms with Crippen LogP contribution in [0, 0.1) is 0 Å². The number of hydrogen-bond donors (Lipinski definition) is 10. The molecule has 12 heteroatoms. The highest BCUT2D eigenvalue weighted by molar-refractivity contribution is 5.73. The monoisotopic (exact) mass is 906 g/mol. The lowest BCUT2D eigenvalue weighted by molar-refractivity contribution is 0.220. The van der Waals surface area contributed by atoms with E-state index in [9.17, 15) is 51.1 Å². The summed E-state index contributed by atoms with van der Waals surface area (Å²) in [5, 5.41) is 113. The lowest BCUT2D eigenvalue weighted by Crippen LogP contribution is -2.26. The number of phenolic OH excluding ortho intramolecular Hbond substituents is 10. The zero-order valence-corrected chi connectivity index (χ0v) is 35.8. The molecule has 4 aliphatic rings. The number of phenols is 10. The van der Waals surface area contributed by atoms with Crippen molar-refractivity contribution < 1.29 is 60.5 Å². The Balaban J connectivity index is 1.24. The maximum absolute atomic E-state index is 12.8. The van der Waals surface area contributed by atoms with Gasteiger partial charge in [-0.05, 0) is 117 Å². The zero-order chi connectivity index (χ0) is 46.9. The number of fused-ring (bicyclic) bond motifs is 8. The lowest BCUT2D eigenvalue weighted by Gasteiger charge is -2.39. The number of rotatable bonds is 5. The molecule has 8 unspecified atom stereocenters. The average molecular weight is 907 g/mol. The summed E-state index contributed by atoms with van der Waals surface area (Å²) in [4.78, 5) is 0. The minimum absolute atomic E-state index is 0.0102. The van der Waals surface area contributed by atoms with Gasteiger partial charge in [0.1, 0.15) is 81.2 Å².